The maximum Gasteiger partial charge on any atom is -0.423 e. The van der Waals surface area contributed by atoms with Crippen LogP contribution < -0.4 is 0 Å². The van der Waals surface area contributed by atoms with Crippen molar-refractivity contribution in [2.45, 2.75) is 0 Å². The molecule has 0 aromatic carbocycles. The van der Waals surface area contributed by atoms with E-state index in [0.29, 0.717) is 0 Å². The van der Waals surface area contributed by atoms with E-state index in [1.807, 2.05) is 0 Å². The second kappa shape index (κ2) is 2.44. The van der Waals surface area contributed by atoms with E-state index in [0.717, 1.165) is 0 Å². The summed E-state index contributed by atoms with van der Waals surface area (Å²) in [7, 11) is 0. The summed E-state index contributed by atoms with van der Waals surface area (Å²) in [6.07, 6.45) is 0. The molecule has 2 nitrogen and oxygen atoms in total. The summed E-state index contributed by atoms with van der Waals surface area (Å²) in [4.78, 5) is 7.25. The molecular weight excluding hydrogens is 315 g/mol. The van der Waals surface area contributed by atoms with Crippen LogP contribution in [-0.4, -0.2) is 0 Å². The van der Waals surface area contributed by atoms with E-state index in [1.165, 1.54) is 0 Å². The van der Waals surface area contributed by atoms with E-state index in [1.54, 1.807) is 0 Å². The largest absolute Gasteiger partial charge is 0.577 e. The maximum absolute atomic E-state index is 9.91. The van der Waals surface area contributed by atoms with E-state index in [-0.39, 0.29) is 0 Å². The van der Waals surface area contributed by atoms with E-state index >= 15 is 0 Å². The monoisotopic (exact) mass is 317 g/mol. The molecule has 8 heteroatoms. The van der Waals surface area contributed by atoms with Crippen LogP contribution in [0.15, 0.2) is 0 Å². The molecule has 0 aliphatic carbocycles. The van der Waals surface area contributed by atoms with Gasteiger partial charge < -0.3 is 10.5 Å². The third kappa shape index (κ3) is 10900. The van der Waals surface area contributed by atoms with Crippen molar-refractivity contribution in [1.82, 2.24) is 0 Å². The molecule has 0 unspecified atom stereocenters. The molecule has 0 bridgehead atoms. The molecule has 0 rings (SSSR count). The minimum atomic E-state index is -9.15. The summed E-state index contributed by atoms with van der Waals surface area (Å²) in [6, 6.07) is 0. The minimum absolute atomic E-state index is 5.75. The quantitative estimate of drug-likeness (QED) is 0.633. The Hall–Kier alpha value is -0.114. The van der Waals surface area contributed by atoms with Crippen molar-refractivity contribution >= 4 is 0 Å². The summed E-state index contributed by atoms with van der Waals surface area (Å²) >= 11 is -9.15. The van der Waals surface area contributed by atoms with Crippen molar-refractivity contribution in [1.29, 1.82) is 0 Å². The minimum Gasteiger partial charge on any atom is -0.577 e. The first kappa shape index (κ1) is 10.8. The first-order valence-electron chi connectivity index (χ1n) is 0.851. The smallest absolute Gasteiger partial charge is 0.423 e. The predicted molar refractivity (Wildman–Crippen MR) is 12.3 cm³/mol. The predicted octanol–water partition coefficient (Wildman–Crippen LogP) is 2.42. The van der Waals surface area contributed by atoms with E-state index in [4.69, 9.17) is 10.5 Å². The van der Waals surface area contributed by atoms with Gasteiger partial charge in [0, 0.05) is 0 Å². The van der Waals surface area contributed by atoms with Crippen molar-refractivity contribution in [2.75, 3.05) is 0 Å². The topological polar surface area (TPSA) is 39.4 Å². The van der Waals surface area contributed by atoms with Crippen molar-refractivity contribution in [3.63, 3.8) is 0 Å². The van der Waals surface area contributed by atoms with Crippen molar-refractivity contribution in [3.05, 3.63) is 10.5 Å². The number of nitroso groups, excluding NO2 is 1. The normalized spacial score (nSPS) is 14.9. The number of hydrogen-bond donors (Lipinski definition) is 0. The summed E-state index contributed by atoms with van der Waals surface area (Å²) in [5.74, 6) is 0. The van der Waals surface area contributed by atoms with E-state index < -0.39 is 16.4 Å². The fourth-order valence-electron chi connectivity index (χ4n) is 0. The molecule has 0 heterocycles. The van der Waals surface area contributed by atoms with Crippen molar-refractivity contribution < 1.29 is 32.8 Å². The fraction of sp³-hybridized carbons (Fsp3) is 0. The summed E-state index contributed by atoms with van der Waals surface area (Å²) < 4.78 is 49.5. The molecule has 0 amide bonds. The molecule has 0 spiro atoms. The summed E-state index contributed by atoms with van der Waals surface area (Å²) in [6.45, 7) is 0. The van der Waals surface area contributed by atoms with Gasteiger partial charge >= 0.3 is 32.8 Å². The first-order chi connectivity index (χ1) is 3.24. The molecule has 0 atom stereocenters. The molecule has 0 aromatic rings. The van der Waals surface area contributed by atoms with Gasteiger partial charge in [-0.2, -0.15) is 0 Å². The third-order valence-corrected chi connectivity index (χ3v) is 0. The molecule has 0 aliphatic rings. The van der Waals surface area contributed by atoms with Gasteiger partial charge in [0.25, 0.3) is 0 Å². The SMILES string of the molecule is [F][Os]([F])([F])([F])[F].[N-]=O. The average molecular weight is 315 g/mol. The zero-order chi connectivity index (χ0) is 7.45. The van der Waals surface area contributed by atoms with Crippen LogP contribution in [0.25, 0.3) is 5.59 Å². The van der Waals surface area contributed by atoms with Crippen LogP contribution in [0.2, 0.25) is 0 Å². The Balaban J connectivity index is 0. The van der Waals surface area contributed by atoms with Gasteiger partial charge in [0.1, 0.15) is 0 Å². The molecule has 0 saturated heterocycles. The Morgan fingerprint density at radius 2 is 0.875 bits per heavy atom. The van der Waals surface area contributed by atoms with Crippen molar-refractivity contribution in [2.24, 2.45) is 0 Å². The Morgan fingerprint density at radius 3 is 0.875 bits per heavy atom. The molecule has 0 radical (unpaired) electrons. The molecule has 0 N–H and O–H groups in total. The number of hydrogen-bond acceptors (Lipinski definition) is 1. The standard InChI is InChI=1S/5FH.NO.Os/c;;;;;1-2;/h5*1H;;/q;;;;;-1;+5/p-5. The maximum atomic E-state index is 9.91. The van der Waals surface area contributed by atoms with Gasteiger partial charge in [-0.3, -0.25) is 0 Å². The number of halogens is 5. The molecule has 55 valence electrons. The molecular formula is F5NOOs-. The molecule has 8 heavy (non-hydrogen) atoms. The Kier molecular flexibility index (Phi) is 3.29. The van der Waals surface area contributed by atoms with Gasteiger partial charge in [-0.05, 0) is 0 Å². The molecule has 0 saturated carbocycles. The Morgan fingerprint density at radius 1 is 0.875 bits per heavy atom. The van der Waals surface area contributed by atoms with Crippen LogP contribution in [0.1, 0.15) is 0 Å². The van der Waals surface area contributed by atoms with Gasteiger partial charge in [0.2, 0.25) is 0 Å². The van der Waals surface area contributed by atoms with Crippen LogP contribution in [0.5, 0.6) is 0 Å². The zero-order valence-corrected chi connectivity index (χ0v) is 5.64. The molecule has 0 aliphatic heterocycles. The van der Waals surface area contributed by atoms with Crippen LogP contribution in [0, 0.1) is 4.91 Å². The van der Waals surface area contributed by atoms with Gasteiger partial charge in [-0.1, -0.05) is 0 Å². The van der Waals surface area contributed by atoms with Gasteiger partial charge in [0.15, 0.2) is 0 Å². The summed E-state index contributed by atoms with van der Waals surface area (Å²) in [5, 5.41) is 0. The van der Waals surface area contributed by atoms with Gasteiger partial charge in [-0.25, -0.2) is 0 Å². The third-order valence-electron chi connectivity index (χ3n) is 0. The van der Waals surface area contributed by atoms with E-state index in [9.17, 15) is 16.4 Å². The summed E-state index contributed by atoms with van der Waals surface area (Å²) in [5.41, 5.74) is 5.75. The molecule has 0 aromatic heterocycles. The fourth-order valence-corrected chi connectivity index (χ4v) is 0. The second-order valence-corrected chi connectivity index (χ2v) is 4.13. The van der Waals surface area contributed by atoms with Crippen LogP contribution in [-0.2, 0) is 16.4 Å². The average Bonchev–Trinajstić information content (AvgIpc) is 1.33. The van der Waals surface area contributed by atoms with Crippen molar-refractivity contribution in [3.8, 4) is 0 Å². The van der Waals surface area contributed by atoms with Crippen LogP contribution in [0.4, 0.5) is 16.4 Å². The Labute approximate surface area is 44.1 Å². The van der Waals surface area contributed by atoms with Crippen LogP contribution >= 0.6 is 0 Å². The number of nitrogens with zero attached hydrogens (tertiary/aromatic N) is 1. The zero-order valence-electron chi connectivity index (χ0n) is 3.10. The first-order valence-corrected chi connectivity index (χ1v) is 5.65. The van der Waals surface area contributed by atoms with Gasteiger partial charge in [-0.15, -0.1) is 0 Å². The van der Waals surface area contributed by atoms with Gasteiger partial charge in [0.05, 0.1) is 0 Å². The second-order valence-electron chi connectivity index (χ2n) is 0.505. The molecule has 0 fully saturated rings. The number of rotatable bonds is 0. The van der Waals surface area contributed by atoms with E-state index in [2.05, 4.69) is 0 Å². The van der Waals surface area contributed by atoms with Crippen LogP contribution in [0.3, 0.4) is 0 Å². The Bertz CT molecular complexity index is 55.3.